The molecule has 0 aliphatic rings. The quantitative estimate of drug-likeness (QED) is 0.770. The van der Waals surface area contributed by atoms with Gasteiger partial charge in [0.05, 0.1) is 5.69 Å². The number of aryl methyl sites for hydroxylation is 2. The first-order chi connectivity index (χ1) is 8.97. The number of nitrogens with one attached hydrogen (secondary N) is 1. The fourth-order valence-corrected chi connectivity index (χ4v) is 2.78. The van der Waals surface area contributed by atoms with E-state index in [9.17, 15) is 4.79 Å². The summed E-state index contributed by atoms with van der Waals surface area (Å²) in [7, 11) is 0. The van der Waals surface area contributed by atoms with Gasteiger partial charge in [-0.15, -0.1) is 0 Å². The van der Waals surface area contributed by atoms with Gasteiger partial charge in [-0.3, -0.25) is 4.79 Å². The highest BCUT2D eigenvalue weighted by Crippen LogP contribution is 2.26. The number of rotatable bonds is 2. The molecule has 4 heteroatoms. The average Bonchev–Trinajstić information content (AvgIpc) is 2.33. The van der Waals surface area contributed by atoms with Crippen LogP contribution in [0.2, 0.25) is 0 Å². The van der Waals surface area contributed by atoms with E-state index < -0.39 is 0 Å². The molecule has 0 saturated carbocycles. The molecular weight excluding hydrogens is 370 g/mol. The van der Waals surface area contributed by atoms with Gasteiger partial charge in [-0.25, -0.2) is 0 Å². The zero-order valence-corrected chi connectivity index (χ0v) is 13.8. The second kappa shape index (κ2) is 5.88. The molecule has 1 amide bonds. The number of hydrogen-bond donors (Lipinski definition) is 1. The molecule has 0 spiro atoms. The molecule has 0 aromatic heterocycles. The Hall–Kier alpha value is -1.13. The van der Waals surface area contributed by atoms with Gasteiger partial charge >= 0.3 is 0 Å². The van der Waals surface area contributed by atoms with Crippen molar-refractivity contribution in [1.82, 2.24) is 0 Å². The van der Waals surface area contributed by atoms with E-state index in [0.29, 0.717) is 5.56 Å². The minimum atomic E-state index is -0.115. The standard InChI is InChI=1S/C15H13Br2NO/c1-9-6-11(8-12(16)7-9)15(19)18-13-5-3-4-10(2)14(13)17/h3-8H,1-2H3,(H,18,19). The molecule has 2 aromatic rings. The van der Waals surface area contributed by atoms with Crippen molar-refractivity contribution in [3.05, 3.63) is 62.0 Å². The highest BCUT2D eigenvalue weighted by Gasteiger charge is 2.10. The molecule has 19 heavy (non-hydrogen) atoms. The molecule has 1 N–H and O–H groups in total. The van der Waals surface area contributed by atoms with E-state index in [4.69, 9.17) is 0 Å². The lowest BCUT2D eigenvalue weighted by Crippen LogP contribution is -2.12. The smallest absolute Gasteiger partial charge is 0.255 e. The Labute approximate surface area is 129 Å². The van der Waals surface area contributed by atoms with Crippen molar-refractivity contribution in [2.45, 2.75) is 13.8 Å². The van der Waals surface area contributed by atoms with Gasteiger partial charge < -0.3 is 5.32 Å². The Morgan fingerprint density at radius 3 is 2.53 bits per heavy atom. The Morgan fingerprint density at radius 2 is 1.84 bits per heavy atom. The van der Waals surface area contributed by atoms with Gasteiger partial charge in [0.25, 0.3) is 5.91 Å². The van der Waals surface area contributed by atoms with Crippen LogP contribution in [-0.4, -0.2) is 5.91 Å². The Balaban J connectivity index is 2.28. The number of carbonyl (C=O) groups is 1. The zero-order valence-electron chi connectivity index (χ0n) is 10.6. The summed E-state index contributed by atoms with van der Waals surface area (Å²) >= 11 is 6.89. The van der Waals surface area contributed by atoms with Crippen molar-refractivity contribution in [2.24, 2.45) is 0 Å². The average molecular weight is 383 g/mol. The van der Waals surface area contributed by atoms with Crippen LogP contribution < -0.4 is 5.32 Å². The van der Waals surface area contributed by atoms with E-state index in [1.807, 2.05) is 50.2 Å². The first-order valence-corrected chi connectivity index (χ1v) is 7.39. The molecule has 0 atom stereocenters. The summed E-state index contributed by atoms with van der Waals surface area (Å²) in [4.78, 5) is 12.2. The minimum absolute atomic E-state index is 0.115. The fourth-order valence-electron chi connectivity index (χ4n) is 1.81. The number of halogens is 2. The molecule has 2 nitrogen and oxygen atoms in total. The number of carbonyl (C=O) groups excluding carboxylic acids is 1. The van der Waals surface area contributed by atoms with Gasteiger partial charge in [-0.05, 0) is 65.2 Å². The Kier molecular flexibility index (Phi) is 4.42. The van der Waals surface area contributed by atoms with Gasteiger partial charge in [0.15, 0.2) is 0 Å². The van der Waals surface area contributed by atoms with Crippen LogP contribution in [-0.2, 0) is 0 Å². The van der Waals surface area contributed by atoms with Crippen molar-refractivity contribution in [3.8, 4) is 0 Å². The molecular formula is C15H13Br2NO. The lowest BCUT2D eigenvalue weighted by Gasteiger charge is -2.10. The van der Waals surface area contributed by atoms with Crippen molar-refractivity contribution in [2.75, 3.05) is 5.32 Å². The van der Waals surface area contributed by atoms with Gasteiger partial charge in [0.1, 0.15) is 0 Å². The first-order valence-electron chi connectivity index (χ1n) is 5.81. The van der Waals surface area contributed by atoms with Gasteiger partial charge in [-0.2, -0.15) is 0 Å². The molecule has 0 aliphatic heterocycles. The highest BCUT2D eigenvalue weighted by atomic mass is 79.9. The Bertz CT molecular complexity index is 618. The zero-order chi connectivity index (χ0) is 14.0. The molecule has 0 fully saturated rings. The maximum Gasteiger partial charge on any atom is 0.255 e. The van der Waals surface area contributed by atoms with Crippen LogP contribution in [0.3, 0.4) is 0 Å². The normalized spacial score (nSPS) is 10.3. The molecule has 2 aromatic carbocycles. The van der Waals surface area contributed by atoms with Crippen molar-refractivity contribution < 1.29 is 4.79 Å². The molecule has 98 valence electrons. The first kappa shape index (κ1) is 14.3. The van der Waals surface area contributed by atoms with Gasteiger partial charge in [0.2, 0.25) is 0 Å². The lowest BCUT2D eigenvalue weighted by molar-refractivity contribution is 0.102. The van der Waals surface area contributed by atoms with Gasteiger partial charge in [0, 0.05) is 14.5 Å². The van der Waals surface area contributed by atoms with Crippen molar-refractivity contribution in [1.29, 1.82) is 0 Å². The van der Waals surface area contributed by atoms with E-state index in [1.165, 1.54) is 0 Å². The van der Waals surface area contributed by atoms with E-state index in [1.54, 1.807) is 0 Å². The number of amides is 1. The molecule has 0 bridgehead atoms. The molecule has 0 unspecified atom stereocenters. The Morgan fingerprint density at radius 1 is 1.11 bits per heavy atom. The van der Waals surface area contributed by atoms with Crippen LogP contribution in [0, 0.1) is 13.8 Å². The van der Waals surface area contributed by atoms with E-state index in [-0.39, 0.29) is 5.91 Å². The second-order valence-electron chi connectivity index (χ2n) is 4.41. The van der Waals surface area contributed by atoms with Crippen LogP contribution in [0.15, 0.2) is 45.3 Å². The van der Waals surface area contributed by atoms with Gasteiger partial charge in [-0.1, -0.05) is 28.1 Å². The SMILES string of the molecule is Cc1cc(Br)cc(C(=O)Nc2cccc(C)c2Br)c1. The number of hydrogen-bond acceptors (Lipinski definition) is 1. The highest BCUT2D eigenvalue weighted by molar-refractivity contribution is 9.11. The number of benzene rings is 2. The van der Waals surface area contributed by atoms with Crippen LogP contribution in [0.1, 0.15) is 21.5 Å². The summed E-state index contributed by atoms with van der Waals surface area (Å²) in [6.07, 6.45) is 0. The van der Waals surface area contributed by atoms with E-state index >= 15 is 0 Å². The summed E-state index contributed by atoms with van der Waals surface area (Å²) in [6, 6.07) is 11.4. The lowest BCUT2D eigenvalue weighted by atomic mass is 10.1. The predicted octanol–water partition coefficient (Wildman–Crippen LogP) is 5.08. The summed E-state index contributed by atoms with van der Waals surface area (Å²) in [6.45, 7) is 3.95. The largest absolute Gasteiger partial charge is 0.321 e. The third-order valence-electron chi connectivity index (χ3n) is 2.74. The summed E-state index contributed by atoms with van der Waals surface area (Å²) in [5, 5.41) is 2.92. The third-order valence-corrected chi connectivity index (χ3v) is 4.25. The molecule has 0 saturated heterocycles. The van der Waals surface area contributed by atoms with E-state index in [0.717, 1.165) is 25.8 Å². The maximum atomic E-state index is 12.2. The molecule has 0 aliphatic carbocycles. The summed E-state index contributed by atoms with van der Waals surface area (Å²) in [5.74, 6) is -0.115. The van der Waals surface area contributed by atoms with Crippen LogP contribution >= 0.6 is 31.9 Å². The van der Waals surface area contributed by atoms with Crippen LogP contribution in [0.25, 0.3) is 0 Å². The predicted molar refractivity (Wildman–Crippen MR) is 85.7 cm³/mol. The molecule has 2 rings (SSSR count). The van der Waals surface area contributed by atoms with Crippen molar-refractivity contribution >= 4 is 43.5 Å². The van der Waals surface area contributed by atoms with Crippen LogP contribution in [0.4, 0.5) is 5.69 Å². The minimum Gasteiger partial charge on any atom is -0.321 e. The van der Waals surface area contributed by atoms with Crippen LogP contribution in [0.5, 0.6) is 0 Å². The fraction of sp³-hybridized carbons (Fsp3) is 0.133. The topological polar surface area (TPSA) is 29.1 Å². The maximum absolute atomic E-state index is 12.2. The number of anilines is 1. The monoisotopic (exact) mass is 381 g/mol. The summed E-state index contributed by atoms with van der Waals surface area (Å²) < 4.78 is 1.82. The summed E-state index contributed by atoms with van der Waals surface area (Å²) in [5.41, 5.74) is 3.55. The molecule has 0 heterocycles. The van der Waals surface area contributed by atoms with Crippen molar-refractivity contribution in [3.63, 3.8) is 0 Å². The second-order valence-corrected chi connectivity index (χ2v) is 6.12. The van der Waals surface area contributed by atoms with E-state index in [2.05, 4.69) is 37.2 Å². The third kappa shape index (κ3) is 3.45. The molecule has 0 radical (unpaired) electrons.